The molecule has 3 saturated carbocycles. The van der Waals surface area contributed by atoms with E-state index in [4.69, 9.17) is 10.7 Å². The van der Waals surface area contributed by atoms with Crippen molar-refractivity contribution in [1.29, 1.82) is 0 Å². The fourth-order valence-corrected chi connectivity index (χ4v) is 6.73. The van der Waals surface area contributed by atoms with Gasteiger partial charge in [0.2, 0.25) is 0 Å². The van der Waals surface area contributed by atoms with Crippen LogP contribution in [0.4, 0.5) is 0 Å². The van der Waals surface area contributed by atoms with E-state index < -0.39 is 0 Å². The third kappa shape index (κ3) is 1.85. The number of rotatable bonds is 1. The minimum atomic E-state index is 0.246. The molecule has 3 nitrogen and oxygen atoms in total. The van der Waals surface area contributed by atoms with Gasteiger partial charge in [0.1, 0.15) is 0 Å². The van der Waals surface area contributed by atoms with Crippen molar-refractivity contribution in [3.63, 3.8) is 0 Å². The Balaban J connectivity index is 1.67. The molecule has 0 aromatic rings. The number of fused-ring (bicyclic) bond motifs is 5. The molecule has 4 aliphatic rings. The van der Waals surface area contributed by atoms with E-state index in [1.807, 2.05) is 6.08 Å². The summed E-state index contributed by atoms with van der Waals surface area (Å²) >= 11 is 0. The van der Waals surface area contributed by atoms with Crippen LogP contribution in [0, 0.1) is 28.6 Å². The molecule has 3 fully saturated rings. The van der Waals surface area contributed by atoms with Gasteiger partial charge in [-0.2, -0.15) is 0 Å². The topological polar surface area (TPSA) is 52.3 Å². The predicted octanol–water partition coefficient (Wildman–Crippen LogP) is 3.78. The lowest BCUT2D eigenvalue weighted by Gasteiger charge is -2.57. The van der Waals surface area contributed by atoms with E-state index in [0.717, 1.165) is 43.4 Å². The maximum absolute atomic E-state index is 11.8. The van der Waals surface area contributed by atoms with Gasteiger partial charge in [-0.3, -0.25) is 4.79 Å². The molecule has 0 radical (unpaired) electrons. The summed E-state index contributed by atoms with van der Waals surface area (Å²) in [6.45, 7) is 4.85. The smallest absolute Gasteiger partial charge is 0.155 e. The van der Waals surface area contributed by atoms with Gasteiger partial charge in [0.25, 0.3) is 0 Å². The Morgan fingerprint density at radius 3 is 2.68 bits per heavy atom. The fraction of sp³-hybridized carbons (Fsp3) is 0.842. The quantitative estimate of drug-likeness (QED) is 0.750. The van der Waals surface area contributed by atoms with Gasteiger partial charge in [-0.1, -0.05) is 19.4 Å². The highest BCUT2D eigenvalue weighted by molar-refractivity contribution is 5.91. The second kappa shape index (κ2) is 4.91. The molecule has 4 aliphatic carbocycles. The first kappa shape index (κ1) is 14.9. The second-order valence-electron chi connectivity index (χ2n) is 8.72. The zero-order valence-electron chi connectivity index (χ0n) is 13.9. The molecule has 6 unspecified atom stereocenters. The molecule has 0 amide bonds. The van der Waals surface area contributed by atoms with Crippen molar-refractivity contribution in [3.05, 3.63) is 11.6 Å². The summed E-state index contributed by atoms with van der Waals surface area (Å²) in [4.78, 5) is 17.2. The molecule has 0 aliphatic heterocycles. The number of carbonyl (C=O) groups is 1. The van der Waals surface area contributed by atoms with E-state index in [1.165, 1.54) is 31.3 Å². The first-order valence-electron chi connectivity index (χ1n) is 9.08. The van der Waals surface area contributed by atoms with Crippen LogP contribution in [0.5, 0.6) is 0 Å². The maximum Gasteiger partial charge on any atom is 0.155 e. The number of ketones is 1. The highest BCUT2D eigenvalue weighted by atomic mass is 16.6. The molecule has 0 bridgehead atoms. The number of allylic oxidation sites excluding steroid dienone is 1. The Bertz CT molecular complexity index is 528. The van der Waals surface area contributed by atoms with E-state index >= 15 is 0 Å². The van der Waals surface area contributed by atoms with Crippen molar-refractivity contribution >= 4 is 5.78 Å². The predicted molar refractivity (Wildman–Crippen MR) is 85.8 cm³/mol. The molecule has 3 heteroatoms. The number of nitrogens with two attached hydrogens (primary N) is 1. The Hall–Kier alpha value is -0.670. The van der Waals surface area contributed by atoms with Crippen LogP contribution in [0.2, 0.25) is 0 Å². The van der Waals surface area contributed by atoms with Crippen LogP contribution in [-0.4, -0.2) is 11.9 Å². The third-order valence-corrected chi connectivity index (χ3v) is 8.04. The average Bonchev–Trinajstić information content (AvgIpc) is 2.84. The number of hydrogen-bond acceptors (Lipinski definition) is 3. The number of carbonyl (C=O) groups excluding carboxylic acids is 1. The van der Waals surface area contributed by atoms with Gasteiger partial charge in [-0.25, -0.2) is 5.90 Å². The molecule has 0 aromatic heterocycles. The van der Waals surface area contributed by atoms with Crippen molar-refractivity contribution in [2.75, 3.05) is 0 Å². The van der Waals surface area contributed by atoms with Gasteiger partial charge in [-0.05, 0) is 79.6 Å². The van der Waals surface area contributed by atoms with Gasteiger partial charge in [0, 0.05) is 6.42 Å². The molecule has 0 saturated heterocycles. The van der Waals surface area contributed by atoms with Crippen LogP contribution in [0.3, 0.4) is 0 Å². The molecule has 22 heavy (non-hydrogen) atoms. The van der Waals surface area contributed by atoms with Gasteiger partial charge in [-0.15, -0.1) is 0 Å². The largest absolute Gasteiger partial charge is 0.301 e. The van der Waals surface area contributed by atoms with Crippen molar-refractivity contribution < 1.29 is 9.63 Å². The van der Waals surface area contributed by atoms with Crippen molar-refractivity contribution in [3.8, 4) is 0 Å². The second-order valence-corrected chi connectivity index (χ2v) is 8.72. The molecular formula is C19H29NO2. The van der Waals surface area contributed by atoms with Crippen LogP contribution in [0.25, 0.3) is 0 Å². The van der Waals surface area contributed by atoms with Gasteiger partial charge < -0.3 is 4.84 Å². The van der Waals surface area contributed by atoms with E-state index in [-0.39, 0.29) is 16.9 Å². The molecule has 0 heterocycles. The van der Waals surface area contributed by atoms with Crippen LogP contribution in [0.1, 0.15) is 65.2 Å². The highest BCUT2D eigenvalue weighted by Gasteiger charge is 2.59. The van der Waals surface area contributed by atoms with Crippen molar-refractivity contribution in [2.45, 2.75) is 71.3 Å². The molecule has 122 valence electrons. The van der Waals surface area contributed by atoms with E-state index in [0.29, 0.717) is 5.78 Å². The third-order valence-electron chi connectivity index (χ3n) is 8.04. The van der Waals surface area contributed by atoms with Gasteiger partial charge in [0.15, 0.2) is 5.78 Å². The monoisotopic (exact) mass is 303 g/mol. The summed E-state index contributed by atoms with van der Waals surface area (Å²) in [5.41, 5.74) is 2.01. The lowest BCUT2D eigenvalue weighted by molar-refractivity contribution is -0.119. The summed E-state index contributed by atoms with van der Waals surface area (Å²) in [6, 6.07) is 0. The highest BCUT2D eigenvalue weighted by Crippen LogP contribution is 2.65. The molecule has 4 rings (SSSR count). The molecule has 0 spiro atoms. The summed E-state index contributed by atoms with van der Waals surface area (Å²) in [5, 5.41) is 0. The first-order chi connectivity index (χ1) is 10.5. The molecular weight excluding hydrogens is 274 g/mol. The van der Waals surface area contributed by atoms with Crippen molar-refractivity contribution in [1.82, 2.24) is 0 Å². The van der Waals surface area contributed by atoms with E-state index in [9.17, 15) is 4.79 Å². The first-order valence-corrected chi connectivity index (χ1v) is 9.08. The molecule has 2 N–H and O–H groups in total. The van der Waals surface area contributed by atoms with Crippen molar-refractivity contribution in [2.24, 2.45) is 34.5 Å². The molecule has 6 atom stereocenters. The van der Waals surface area contributed by atoms with Gasteiger partial charge in [0.05, 0.1) is 6.10 Å². The van der Waals surface area contributed by atoms with Crippen LogP contribution in [-0.2, 0) is 9.63 Å². The van der Waals surface area contributed by atoms with E-state index in [1.54, 1.807) is 0 Å². The summed E-state index contributed by atoms with van der Waals surface area (Å²) in [6.07, 6.45) is 11.4. The minimum Gasteiger partial charge on any atom is -0.301 e. The Morgan fingerprint density at radius 2 is 1.91 bits per heavy atom. The number of hydrogen-bond donors (Lipinski definition) is 1. The fourth-order valence-electron chi connectivity index (χ4n) is 6.73. The maximum atomic E-state index is 11.8. The lowest BCUT2D eigenvalue weighted by Crippen LogP contribution is -2.51. The van der Waals surface area contributed by atoms with E-state index in [2.05, 4.69) is 13.8 Å². The summed E-state index contributed by atoms with van der Waals surface area (Å²) in [5.74, 6) is 8.27. The Labute approximate surface area is 133 Å². The van der Waals surface area contributed by atoms with Gasteiger partial charge >= 0.3 is 0 Å². The Kier molecular flexibility index (Phi) is 3.32. The summed E-state index contributed by atoms with van der Waals surface area (Å²) in [7, 11) is 0. The van der Waals surface area contributed by atoms with Crippen LogP contribution < -0.4 is 5.90 Å². The Morgan fingerprint density at radius 1 is 1.09 bits per heavy atom. The standard InChI is InChI=1S/C19H29NO2/c1-18-9-7-13(21)11-12(18)3-4-14-15-5-6-17(22-20)19(15,2)10-8-16(14)18/h11,14-17H,3-10,20H2,1-2H3. The summed E-state index contributed by atoms with van der Waals surface area (Å²) < 4.78 is 0. The minimum absolute atomic E-state index is 0.246. The van der Waals surface area contributed by atoms with Crippen LogP contribution in [0.15, 0.2) is 11.6 Å². The van der Waals surface area contributed by atoms with Crippen LogP contribution >= 0.6 is 0 Å². The zero-order chi connectivity index (χ0) is 15.5. The SMILES string of the molecule is CC12CCC(=O)C=C1CCC1C2CCC2(C)C(ON)CCC12. The normalized spacial score (nSPS) is 50.9. The molecule has 0 aromatic carbocycles. The zero-order valence-corrected chi connectivity index (χ0v) is 13.9. The average molecular weight is 303 g/mol. The lowest BCUT2D eigenvalue weighted by atomic mass is 9.47.